The second-order valence-electron chi connectivity index (χ2n) is 7.06. The van der Waals surface area contributed by atoms with Crippen LogP contribution in [-0.4, -0.2) is 24.9 Å². The van der Waals surface area contributed by atoms with Gasteiger partial charge in [-0.3, -0.25) is 4.99 Å². The first-order chi connectivity index (χ1) is 13.6. The molecule has 1 heterocycles. The molecule has 1 aromatic heterocycles. The Morgan fingerprint density at radius 2 is 1.79 bits per heavy atom. The van der Waals surface area contributed by atoms with E-state index >= 15 is 0 Å². The predicted molar refractivity (Wildman–Crippen MR) is 115 cm³/mol. The number of rotatable bonds is 5. The van der Waals surface area contributed by atoms with Gasteiger partial charge in [0, 0.05) is 49.6 Å². The Balaban J connectivity index is 1.53. The molecule has 0 unspecified atom stereocenters. The molecule has 4 heteroatoms. The molecule has 0 atom stereocenters. The number of nitrogens with zero attached hydrogens (tertiary/aromatic N) is 3. The van der Waals surface area contributed by atoms with E-state index in [0.717, 1.165) is 33.4 Å². The van der Waals surface area contributed by atoms with Gasteiger partial charge in [0.05, 0.1) is 5.69 Å². The van der Waals surface area contributed by atoms with E-state index in [1.54, 1.807) is 12.1 Å². The molecule has 4 rings (SSSR count). The Hall–Kier alpha value is -3.40. The minimum atomic E-state index is -0.203. The van der Waals surface area contributed by atoms with E-state index in [2.05, 4.69) is 50.9 Å². The molecule has 3 nitrogen and oxygen atoms in total. The lowest BCUT2D eigenvalue weighted by molar-refractivity contribution is 0.624. The molecule has 0 aliphatic rings. The lowest BCUT2D eigenvalue weighted by Crippen LogP contribution is -2.07. The molecule has 0 saturated carbocycles. The normalized spacial score (nSPS) is 11.4. The first-order valence-electron chi connectivity index (χ1n) is 9.23. The van der Waals surface area contributed by atoms with Crippen LogP contribution in [0.2, 0.25) is 0 Å². The summed E-state index contributed by atoms with van der Waals surface area (Å²) < 4.78 is 15.6. The van der Waals surface area contributed by atoms with Gasteiger partial charge in [0.25, 0.3) is 0 Å². The third kappa shape index (κ3) is 3.96. The fourth-order valence-electron chi connectivity index (χ4n) is 3.25. The highest BCUT2D eigenvalue weighted by Crippen LogP contribution is 2.21. The minimum Gasteiger partial charge on any atom is -0.378 e. The van der Waals surface area contributed by atoms with E-state index in [0.29, 0.717) is 6.54 Å². The zero-order chi connectivity index (χ0) is 19.5. The van der Waals surface area contributed by atoms with Crippen LogP contribution in [0, 0.1) is 5.82 Å². The topological polar surface area (TPSA) is 20.5 Å². The fourth-order valence-corrected chi connectivity index (χ4v) is 3.25. The van der Waals surface area contributed by atoms with Gasteiger partial charge < -0.3 is 9.47 Å². The highest BCUT2D eigenvalue weighted by molar-refractivity contribution is 5.90. The van der Waals surface area contributed by atoms with E-state index < -0.39 is 0 Å². The Morgan fingerprint density at radius 1 is 0.964 bits per heavy atom. The summed E-state index contributed by atoms with van der Waals surface area (Å²) in [5, 5.41) is 1.14. The van der Waals surface area contributed by atoms with Gasteiger partial charge in [-0.15, -0.1) is 0 Å². The van der Waals surface area contributed by atoms with E-state index in [1.807, 2.05) is 44.7 Å². The highest BCUT2D eigenvalue weighted by atomic mass is 19.1. The number of halogens is 1. The maximum absolute atomic E-state index is 13.4. The number of hydrogen-bond donors (Lipinski definition) is 0. The van der Waals surface area contributed by atoms with Crippen LogP contribution in [0.4, 0.5) is 15.8 Å². The molecule has 0 radical (unpaired) electrons. The standard InChI is InChI=1S/C24H22FN3/c1-27(2)23-9-7-22(8-10-23)26-16-18-6-11-24-20(14-18)12-13-28(24)17-19-4-3-5-21(25)15-19/h3-16H,17H2,1-2H3. The van der Waals surface area contributed by atoms with Crippen molar-refractivity contribution in [1.82, 2.24) is 4.57 Å². The number of aliphatic imine (C=N–C) groups is 1. The van der Waals surface area contributed by atoms with Crippen molar-refractivity contribution >= 4 is 28.5 Å². The van der Waals surface area contributed by atoms with Crippen molar-refractivity contribution in [2.24, 2.45) is 4.99 Å². The number of hydrogen-bond acceptors (Lipinski definition) is 2. The third-order valence-corrected chi connectivity index (χ3v) is 4.77. The lowest BCUT2D eigenvalue weighted by Gasteiger charge is -2.11. The van der Waals surface area contributed by atoms with Crippen LogP contribution >= 0.6 is 0 Å². The molecule has 0 fully saturated rings. The number of fused-ring (bicyclic) bond motifs is 1. The zero-order valence-electron chi connectivity index (χ0n) is 16.0. The molecular weight excluding hydrogens is 349 g/mol. The van der Waals surface area contributed by atoms with E-state index in [9.17, 15) is 4.39 Å². The van der Waals surface area contributed by atoms with Gasteiger partial charge in [0.1, 0.15) is 5.82 Å². The van der Waals surface area contributed by atoms with Crippen molar-refractivity contribution in [3.63, 3.8) is 0 Å². The monoisotopic (exact) mass is 371 g/mol. The van der Waals surface area contributed by atoms with E-state index in [1.165, 1.54) is 6.07 Å². The van der Waals surface area contributed by atoms with Crippen molar-refractivity contribution in [3.05, 3.63) is 95.9 Å². The molecule has 28 heavy (non-hydrogen) atoms. The highest BCUT2D eigenvalue weighted by Gasteiger charge is 2.04. The molecular formula is C24H22FN3. The first-order valence-corrected chi connectivity index (χ1v) is 9.23. The summed E-state index contributed by atoms with van der Waals surface area (Å²) in [4.78, 5) is 6.64. The van der Waals surface area contributed by atoms with Crippen molar-refractivity contribution in [2.45, 2.75) is 6.54 Å². The smallest absolute Gasteiger partial charge is 0.123 e. The fraction of sp³-hybridized carbons (Fsp3) is 0.125. The second-order valence-corrected chi connectivity index (χ2v) is 7.06. The Labute approximate surface area is 164 Å². The van der Waals surface area contributed by atoms with Crippen molar-refractivity contribution in [3.8, 4) is 0 Å². The third-order valence-electron chi connectivity index (χ3n) is 4.77. The summed E-state index contributed by atoms with van der Waals surface area (Å²) in [5.74, 6) is -0.203. The Morgan fingerprint density at radius 3 is 2.54 bits per heavy atom. The number of anilines is 1. The summed E-state index contributed by atoms with van der Waals surface area (Å²) in [6.45, 7) is 0.646. The SMILES string of the molecule is CN(C)c1ccc(N=Cc2ccc3c(ccn3Cc3cccc(F)c3)c2)cc1. The Bertz CT molecular complexity index is 1120. The molecule has 0 bridgehead atoms. The summed E-state index contributed by atoms with van der Waals surface area (Å²) in [5.41, 5.74) is 5.20. The van der Waals surface area contributed by atoms with Gasteiger partial charge in [-0.25, -0.2) is 4.39 Å². The maximum Gasteiger partial charge on any atom is 0.123 e. The first kappa shape index (κ1) is 18.0. The minimum absolute atomic E-state index is 0.203. The molecule has 0 N–H and O–H groups in total. The van der Waals surface area contributed by atoms with Gasteiger partial charge in [-0.05, 0) is 65.7 Å². The largest absolute Gasteiger partial charge is 0.378 e. The number of aromatic nitrogens is 1. The molecule has 0 saturated heterocycles. The predicted octanol–water partition coefficient (Wildman–Crippen LogP) is 5.65. The zero-order valence-corrected chi connectivity index (χ0v) is 16.0. The summed E-state index contributed by atoms with van der Waals surface area (Å²) >= 11 is 0. The van der Waals surface area contributed by atoms with E-state index in [-0.39, 0.29) is 5.82 Å². The molecule has 0 aliphatic carbocycles. The molecule has 0 spiro atoms. The van der Waals surface area contributed by atoms with E-state index in [4.69, 9.17) is 0 Å². The molecule has 3 aromatic carbocycles. The van der Waals surface area contributed by atoms with Crippen LogP contribution < -0.4 is 4.90 Å². The van der Waals surface area contributed by atoms with Crippen molar-refractivity contribution in [2.75, 3.05) is 19.0 Å². The van der Waals surface area contributed by atoms with Crippen LogP contribution in [0.3, 0.4) is 0 Å². The maximum atomic E-state index is 13.4. The van der Waals surface area contributed by atoms with Gasteiger partial charge in [0.2, 0.25) is 0 Å². The summed E-state index contributed by atoms with van der Waals surface area (Å²) in [6.07, 6.45) is 3.92. The van der Waals surface area contributed by atoms with Gasteiger partial charge >= 0.3 is 0 Å². The second kappa shape index (κ2) is 7.69. The molecule has 0 aliphatic heterocycles. The summed E-state index contributed by atoms with van der Waals surface area (Å²) in [7, 11) is 4.04. The number of benzene rings is 3. The van der Waals surface area contributed by atoms with Crippen LogP contribution in [0.25, 0.3) is 10.9 Å². The molecule has 140 valence electrons. The van der Waals surface area contributed by atoms with Crippen molar-refractivity contribution in [1.29, 1.82) is 0 Å². The molecule has 0 amide bonds. The summed E-state index contributed by atoms with van der Waals surface area (Å²) in [6, 6.07) is 23.2. The van der Waals surface area contributed by atoms with Crippen LogP contribution in [0.5, 0.6) is 0 Å². The van der Waals surface area contributed by atoms with Gasteiger partial charge in [-0.2, -0.15) is 0 Å². The van der Waals surface area contributed by atoms with Crippen LogP contribution in [0.15, 0.2) is 84.0 Å². The van der Waals surface area contributed by atoms with Gasteiger partial charge in [0.15, 0.2) is 0 Å². The van der Waals surface area contributed by atoms with Crippen molar-refractivity contribution < 1.29 is 4.39 Å². The lowest BCUT2D eigenvalue weighted by atomic mass is 10.1. The Kier molecular flexibility index (Phi) is 4.94. The van der Waals surface area contributed by atoms with Gasteiger partial charge in [-0.1, -0.05) is 18.2 Å². The average molecular weight is 371 g/mol. The molecule has 4 aromatic rings. The van der Waals surface area contributed by atoms with Crippen LogP contribution in [-0.2, 0) is 6.54 Å². The quantitative estimate of drug-likeness (QED) is 0.416. The average Bonchev–Trinajstić information content (AvgIpc) is 3.09. The van der Waals surface area contributed by atoms with Crippen LogP contribution in [0.1, 0.15) is 11.1 Å².